The number of hydrogen-bond donors (Lipinski definition) is 1. The van der Waals surface area contributed by atoms with Crippen molar-refractivity contribution in [2.45, 2.75) is 37.5 Å². The maximum Gasteiger partial charge on any atom is 0.407 e. The fourth-order valence-electron chi connectivity index (χ4n) is 6.79. The second-order valence-corrected chi connectivity index (χ2v) is 12.1. The lowest BCUT2D eigenvalue weighted by Crippen LogP contribution is -2.55. The summed E-state index contributed by atoms with van der Waals surface area (Å²) in [6.45, 7) is 3.29. The van der Waals surface area contributed by atoms with Crippen LogP contribution in [-0.2, 0) is 4.74 Å². The molecule has 3 saturated heterocycles. The highest BCUT2D eigenvalue weighted by molar-refractivity contribution is 6.36. The summed E-state index contributed by atoms with van der Waals surface area (Å²) in [7, 11) is 0. The van der Waals surface area contributed by atoms with E-state index in [0.29, 0.717) is 52.7 Å². The number of carbonyl (C=O) groups is 1. The summed E-state index contributed by atoms with van der Waals surface area (Å²) in [5.74, 6) is -1.07. The van der Waals surface area contributed by atoms with Crippen molar-refractivity contribution in [1.82, 2.24) is 24.8 Å². The Kier molecular flexibility index (Phi) is 8.18. The Morgan fingerprint density at radius 3 is 2.83 bits per heavy atom. The predicted octanol–water partition coefficient (Wildman–Crippen LogP) is 5.10. The number of morpholine rings is 1. The van der Waals surface area contributed by atoms with E-state index in [2.05, 4.69) is 25.9 Å². The highest BCUT2D eigenvalue weighted by Crippen LogP contribution is 2.38. The van der Waals surface area contributed by atoms with E-state index in [1.54, 1.807) is 24.3 Å². The molecule has 3 fully saturated rings. The molecule has 11 nitrogen and oxygen atoms in total. The van der Waals surface area contributed by atoms with Crippen molar-refractivity contribution >= 4 is 45.2 Å². The topological polar surface area (TPSA) is 128 Å². The van der Waals surface area contributed by atoms with Crippen LogP contribution in [0.15, 0.2) is 36.5 Å². The highest BCUT2D eigenvalue weighted by Gasteiger charge is 2.38. The lowest BCUT2D eigenvalue weighted by atomic mass is 10.0. The van der Waals surface area contributed by atoms with Crippen LogP contribution in [0.3, 0.4) is 0 Å². The zero-order chi connectivity index (χ0) is 31.9. The first kappa shape index (κ1) is 30.3. The number of hydrogen-bond acceptors (Lipinski definition) is 9. The monoisotopic (exact) mass is 649 g/mol. The minimum Gasteiger partial charge on any atom is -0.465 e. The molecule has 46 heavy (non-hydrogen) atoms. The molecule has 2 bridgehead atoms. The van der Waals surface area contributed by atoms with E-state index >= 15 is 4.39 Å². The molecule has 4 aromatic rings. The minimum absolute atomic E-state index is 0.0201. The zero-order valence-corrected chi connectivity index (χ0v) is 25.5. The molecule has 3 aliphatic rings. The van der Waals surface area contributed by atoms with E-state index in [9.17, 15) is 19.6 Å². The van der Waals surface area contributed by atoms with Gasteiger partial charge in [-0.05, 0) is 24.3 Å². The standard InChI is InChI=1S/C32H30ClF2N7O4/c33-26-24(34)6-5-18-3-1-4-22(25(18)26)28-27(35)29-23(14-37-28)30(41-10-11-42(32(43)44)19(15-41)7-8-36)39-31(38-29)45-12-2-9-40-16-21-13-20(40)17-46-21/h1,3-6,14,19-21H,2,7,9-13,15-17H2,(H,43,44)/t19-,20-,21-/m0/s1. The van der Waals surface area contributed by atoms with Crippen molar-refractivity contribution < 1.29 is 28.2 Å². The molecule has 7 rings (SSSR count). The van der Waals surface area contributed by atoms with E-state index in [1.165, 1.54) is 17.2 Å². The van der Waals surface area contributed by atoms with E-state index in [-0.39, 0.29) is 48.3 Å². The molecule has 0 spiro atoms. The van der Waals surface area contributed by atoms with Crippen molar-refractivity contribution in [3.8, 4) is 23.3 Å². The normalized spacial score (nSPS) is 21.3. The van der Waals surface area contributed by atoms with Gasteiger partial charge in [-0.2, -0.15) is 15.2 Å². The predicted molar refractivity (Wildman–Crippen MR) is 166 cm³/mol. The number of piperazine rings is 1. The number of halogens is 3. The van der Waals surface area contributed by atoms with E-state index in [0.717, 1.165) is 26.1 Å². The van der Waals surface area contributed by atoms with Gasteiger partial charge in [-0.15, -0.1) is 0 Å². The van der Waals surface area contributed by atoms with Crippen LogP contribution in [-0.4, -0.2) is 100 Å². The molecular weight excluding hydrogens is 620 g/mol. The number of amides is 1. The molecule has 1 amide bonds. The molecule has 5 heterocycles. The number of pyridine rings is 1. The first-order chi connectivity index (χ1) is 22.3. The van der Waals surface area contributed by atoms with Crippen LogP contribution < -0.4 is 9.64 Å². The van der Waals surface area contributed by atoms with Crippen LogP contribution in [0.5, 0.6) is 6.01 Å². The summed E-state index contributed by atoms with van der Waals surface area (Å²) in [5, 5.41) is 20.1. The maximum atomic E-state index is 16.6. The highest BCUT2D eigenvalue weighted by atomic mass is 35.5. The number of aromatic nitrogens is 3. The summed E-state index contributed by atoms with van der Waals surface area (Å²) in [6, 6.07) is 9.75. The summed E-state index contributed by atoms with van der Waals surface area (Å²) >= 11 is 6.36. The molecule has 2 aromatic heterocycles. The minimum atomic E-state index is -1.11. The average Bonchev–Trinajstić information content (AvgIpc) is 3.69. The van der Waals surface area contributed by atoms with Crippen molar-refractivity contribution in [3.63, 3.8) is 0 Å². The number of nitriles is 1. The summed E-state index contributed by atoms with van der Waals surface area (Å²) in [4.78, 5) is 30.8. The number of rotatable bonds is 8. The summed E-state index contributed by atoms with van der Waals surface area (Å²) in [5.41, 5.74) is 0.184. The van der Waals surface area contributed by atoms with Gasteiger partial charge in [0.1, 0.15) is 22.8 Å². The van der Waals surface area contributed by atoms with Gasteiger partial charge in [-0.25, -0.2) is 13.6 Å². The first-order valence-electron chi connectivity index (χ1n) is 15.2. The second-order valence-electron chi connectivity index (χ2n) is 11.8. The second kappa shape index (κ2) is 12.4. The van der Waals surface area contributed by atoms with Crippen molar-refractivity contribution in [2.75, 3.05) is 50.8 Å². The van der Waals surface area contributed by atoms with Crippen LogP contribution >= 0.6 is 11.6 Å². The van der Waals surface area contributed by atoms with Gasteiger partial charge in [0.25, 0.3) is 0 Å². The van der Waals surface area contributed by atoms with E-state index in [1.807, 2.05) is 4.90 Å². The van der Waals surface area contributed by atoms with Crippen molar-refractivity contribution in [1.29, 1.82) is 5.26 Å². The van der Waals surface area contributed by atoms with Gasteiger partial charge in [0.2, 0.25) is 0 Å². The van der Waals surface area contributed by atoms with Crippen molar-refractivity contribution in [2.24, 2.45) is 0 Å². The number of nitrogens with zero attached hydrogens (tertiary/aromatic N) is 7. The quantitative estimate of drug-likeness (QED) is 0.258. The lowest BCUT2D eigenvalue weighted by molar-refractivity contribution is 0.0287. The Labute approximate surface area is 267 Å². The number of fused-ring (bicyclic) bond motifs is 4. The molecule has 1 N–H and O–H groups in total. The van der Waals surface area contributed by atoms with Crippen LogP contribution in [0.2, 0.25) is 5.02 Å². The molecule has 0 radical (unpaired) electrons. The molecule has 0 saturated carbocycles. The average molecular weight is 650 g/mol. The molecule has 0 aliphatic carbocycles. The van der Waals surface area contributed by atoms with Gasteiger partial charge >= 0.3 is 12.1 Å². The number of benzene rings is 2. The fraction of sp³-hybridized carbons (Fsp3) is 0.406. The molecule has 0 unspecified atom stereocenters. The third-order valence-electron chi connectivity index (χ3n) is 9.02. The molecule has 2 aromatic carbocycles. The maximum absolute atomic E-state index is 16.6. The van der Waals surface area contributed by atoms with Gasteiger partial charge in [-0.3, -0.25) is 9.88 Å². The zero-order valence-electron chi connectivity index (χ0n) is 24.7. The van der Waals surface area contributed by atoms with Crippen LogP contribution in [0, 0.1) is 23.0 Å². The largest absolute Gasteiger partial charge is 0.465 e. The van der Waals surface area contributed by atoms with Gasteiger partial charge in [-0.1, -0.05) is 35.9 Å². The molecule has 14 heteroatoms. The smallest absolute Gasteiger partial charge is 0.407 e. The molecule has 3 aliphatic heterocycles. The summed E-state index contributed by atoms with van der Waals surface area (Å²) in [6.07, 6.45) is 2.36. The molecule has 238 valence electrons. The Balaban J connectivity index is 1.26. The van der Waals surface area contributed by atoms with Crippen LogP contribution in [0.1, 0.15) is 19.3 Å². The van der Waals surface area contributed by atoms with Gasteiger partial charge in [0, 0.05) is 55.9 Å². The lowest BCUT2D eigenvalue weighted by Gasteiger charge is -2.39. The molecular formula is C32H30ClF2N7O4. The number of carboxylic acid groups (broad SMARTS) is 1. The van der Waals surface area contributed by atoms with Crippen molar-refractivity contribution in [3.05, 3.63) is 53.2 Å². The van der Waals surface area contributed by atoms with E-state index in [4.69, 9.17) is 21.1 Å². The Bertz CT molecular complexity index is 1870. The number of likely N-dealkylation sites (tertiary alicyclic amines) is 1. The third kappa shape index (κ3) is 5.50. The third-order valence-corrected chi connectivity index (χ3v) is 9.39. The van der Waals surface area contributed by atoms with Gasteiger partial charge in [0.05, 0.1) is 48.3 Å². The SMILES string of the molecule is N#CC[C@H]1CN(c2nc(OCCCN3C[C@@H]4C[C@H]3CO4)nc3c(F)c(-c4cccc5ccc(F)c(Cl)c45)ncc23)CCN1C(=O)O. The Morgan fingerprint density at radius 1 is 1.20 bits per heavy atom. The number of ether oxygens (including phenoxy) is 2. The Hall–Kier alpha value is -4.38. The Morgan fingerprint density at radius 2 is 2.07 bits per heavy atom. The fourth-order valence-corrected chi connectivity index (χ4v) is 7.06. The number of anilines is 1. The van der Waals surface area contributed by atoms with Gasteiger partial charge < -0.3 is 24.4 Å². The van der Waals surface area contributed by atoms with Crippen LogP contribution in [0.25, 0.3) is 32.9 Å². The first-order valence-corrected chi connectivity index (χ1v) is 15.5. The van der Waals surface area contributed by atoms with Gasteiger partial charge in [0.15, 0.2) is 5.82 Å². The summed E-state index contributed by atoms with van der Waals surface area (Å²) < 4.78 is 42.8. The van der Waals surface area contributed by atoms with E-state index < -0.39 is 23.8 Å². The van der Waals surface area contributed by atoms with Crippen LogP contribution in [0.4, 0.5) is 19.4 Å². The molecule has 3 atom stereocenters.